The van der Waals surface area contributed by atoms with Crippen molar-refractivity contribution in [2.45, 2.75) is 40.0 Å². The number of carboxylic acid groups (broad SMARTS) is 1. The summed E-state index contributed by atoms with van der Waals surface area (Å²) in [6.45, 7) is 5.81. The number of anilines is 1. The summed E-state index contributed by atoms with van der Waals surface area (Å²) in [5, 5.41) is 21.2. The van der Waals surface area contributed by atoms with E-state index >= 15 is 0 Å². The topological polar surface area (TPSA) is 99.4 Å². The zero-order valence-electron chi connectivity index (χ0n) is 14.1. The monoisotopic (exact) mass is 350 g/mol. The Morgan fingerprint density at radius 2 is 2.12 bits per heavy atom. The number of nitriles is 1. The minimum atomic E-state index is -1.12. The van der Waals surface area contributed by atoms with E-state index in [0.717, 1.165) is 24.8 Å². The van der Waals surface area contributed by atoms with Gasteiger partial charge in [0.15, 0.2) is 0 Å². The zero-order valence-corrected chi connectivity index (χ0v) is 15.0. The molecule has 2 rings (SSSR count). The van der Waals surface area contributed by atoms with Crippen LogP contribution in [0.4, 0.5) is 5.00 Å². The Kier molecular flexibility index (Phi) is 5.62. The highest BCUT2D eigenvalue weighted by Gasteiger charge is 2.32. The van der Waals surface area contributed by atoms with Crippen LogP contribution in [0.2, 0.25) is 0 Å². The summed E-state index contributed by atoms with van der Waals surface area (Å²) in [4.78, 5) is 23.4. The van der Waals surface area contributed by atoms with Gasteiger partial charge in [-0.2, -0.15) is 5.26 Å². The summed E-state index contributed by atoms with van der Waals surface area (Å²) in [6, 6.07) is 2.20. The van der Waals surface area contributed by atoms with Crippen LogP contribution < -0.4 is 5.32 Å². The number of thiophene rings is 1. The van der Waals surface area contributed by atoms with E-state index in [9.17, 15) is 14.9 Å². The molecule has 7 heteroatoms. The Balaban J connectivity index is 2.10. The molecule has 130 valence electrons. The van der Waals surface area contributed by atoms with Crippen LogP contribution >= 0.6 is 11.3 Å². The first-order valence-corrected chi connectivity index (χ1v) is 8.68. The minimum absolute atomic E-state index is 0.211. The number of carboxylic acids is 1. The van der Waals surface area contributed by atoms with Crippen molar-refractivity contribution in [3.63, 3.8) is 0 Å². The van der Waals surface area contributed by atoms with Gasteiger partial charge < -0.3 is 15.2 Å². The number of fused-ring (bicyclic) bond motifs is 1. The van der Waals surface area contributed by atoms with Gasteiger partial charge in [0.05, 0.1) is 5.56 Å². The van der Waals surface area contributed by atoms with Crippen LogP contribution in [0, 0.1) is 22.7 Å². The molecule has 0 aromatic carbocycles. The maximum atomic E-state index is 11.9. The van der Waals surface area contributed by atoms with Crippen LogP contribution in [-0.4, -0.2) is 30.2 Å². The van der Waals surface area contributed by atoms with Gasteiger partial charge in [0, 0.05) is 4.88 Å². The van der Waals surface area contributed by atoms with Gasteiger partial charge in [-0.1, -0.05) is 20.8 Å². The molecule has 2 N–H and O–H groups in total. The number of hydrogen-bond acceptors (Lipinski definition) is 5. The number of nitrogens with one attached hydrogen (secondary N) is 1. The molecule has 0 bridgehead atoms. The summed E-state index contributed by atoms with van der Waals surface area (Å²) in [5.74, 6) is -1.02. The molecule has 1 aromatic heterocycles. The molecule has 1 atom stereocenters. The van der Waals surface area contributed by atoms with Gasteiger partial charge in [-0.05, 0) is 36.2 Å². The Morgan fingerprint density at radius 1 is 1.42 bits per heavy atom. The summed E-state index contributed by atoms with van der Waals surface area (Å²) in [5.41, 5.74) is 1.79. The van der Waals surface area contributed by atoms with Crippen LogP contribution in [0.5, 0.6) is 0 Å². The average molecular weight is 350 g/mol. The Labute approximate surface area is 145 Å². The van der Waals surface area contributed by atoms with Crippen LogP contribution in [-0.2, 0) is 27.2 Å². The van der Waals surface area contributed by atoms with Gasteiger partial charge in [-0.15, -0.1) is 11.3 Å². The second-order valence-electron chi connectivity index (χ2n) is 7.06. The summed E-state index contributed by atoms with van der Waals surface area (Å²) in [7, 11) is 0. The van der Waals surface area contributed by atoms with Crippen molar-refractivity contribution >= 4 is 28.2 Å². The van der Waals surface area contributed by atoms with Crippen LogP contribution in [0.25, 0.3) is 0 Å². The molecule has 0 fully saturated rings. The molecular weight excluding hydrogens is 328 g/mol. The van der Waals surface area contributed by atoms with Gasteiger partial charge in [0.2, 0.25) is 0 Å². The van der Waals surface area contributed by atoms with Gasteiger partial charge in [-0.25, -0.2) is 4.79 Å². The SMILES string of the molecule is CC(C)(C)C1CCc2c(sc(NC(=O)COCC(=O)O)c2C#N)C1. The molecule has 0 saturated carbocycles. The fourth-order valence-electron chi connectivity index (χ4n) is 2.93. The number of rotatable bonds is 5. The summed E-state index contributed by atoms with van der Waals surface area (Å²) < 4.78 is 4.78. The van der Waals surface area contributed by atoms with Crippen LogP contribution in [0.3, 0.4) is 0 Å². The van der Waals surface area contributed by atoms with Crippen molar-refractivity contribution in [1.82, 2.24) is 0 Å². The first-order valence-electron chi connectivity index (χ1n) is 7.86. The highest BCUT2D eigenvalue weighted by Crippen LogP contribution is 2.43. The zero-order chi connectivity index (χ0) is 17.9. The molecule has 1 aliphatic carbocycles. The first kappa shape index (κ1) is 18.4. The van der Waals surface area contributed by atoms with Crippen molar-refractivity contribution in [3.05, 3.63) is 16.0 Å². The largest absolute Gasteiger partial charge is 0.480 e. The molecule has 24 heavy (non-hydrogen) atoms. The predicted molar refractivity (Wildman–Crippen MR) is 91.1 cm³/mol. The molecule has 1 unspecified atom stereocenters. The van der Waals surface area contributed by atoms with Crippen molar-refractivity contribution in [3.8, 4) is 6.07 Å². The summed E-state index contributed by atoms with van der Waals surface area (Å²) >= 11 is 1.45. The number of carbonyl (C=O) groups is 2. The van der Waals surface area contributed by atoms with Crippen LogP contribution in [0.1, 0.15) is 43.2 Å². The Morgan fingerprint density at radius 3 is 2.71 bits per heavy atom. The van der Waals surface area contributed by atoms with Crippen molar-refractivity contribution in [2.75, 3.05) is 18.5 Å². The first-order chi connectivity index (χ1) is 11.2. The molecule has 0 spiro atoms. The standard InChI is InChI=1S/C17H22N2O4S/c1-17(2,3)10-4-5-11-12(7-18)16(24-13(11)6-10)19-14(20)8-23-9-15(21)22/h10H,4-6,8-9H2,1-3H3,(H,19,20)(H,21,22). The molecule has 0 aliphatic heterocycles. The smallest absolute Gasteiger partial charge is 0.329 e. The molecule has 0 saturated heterocycles. The number of amides is 1. The third kappa shape index (κ3) is 4.34. The average Bonchev–Trinajstić information content (AvgIpc) is 2.81. The lowest BCUT2D eigenvalue weighted by atomic mass is 9.72. The van der Waals surface area contributed by atoms with E-state index in [2.05, 4.69) is 32.2 Å². The second-order valence-corrected chi connectivity index (χ2v) is 8.17. The number of nitrogens with zero attached hydrogens (tertiary/aromatic N) is 1. The molecule has 1 aliphatic rings. The fourth-order valence-corrected chi connectivity index (χ4v) is 4.22. The third-order valence-corrected chi connectivity index (χ3v) is 5.48. The van der Waals surface area contributed by atoms with Gasteiger partial charge in [0.1, 0.15) is 24.3 Å². The number of aliphatic carboxylic acids is 1. The van der Waals surface area contributed by atoms with Crippen molar-refractivity contribution < 1.29 is 19.4 Å². The third-order valence-electron chi connectivity index (χ3n) is 4.31. The molecule has 1 aromatic rings. The van der Waals surface area contributed by atoms with E-state index < -0.39 is 18.5 Å². The highest BCUT2D eigenvalue weighted by atomic mass is 32.1. The Bertz CT molecular complexity index is 682. The van der Waals surface area contributed by atoms with E-state index in [4.69, 9.17) is 9.84 Å². The number of ether oxygens (including phenoxy) is 1. The van der Waals surface area contributed by atoms with Crippen LogP contribution in [0.15, 0.2) is 0 Å². The molecule has 1 heterocycles. The highest BCUT2D eigenvalue weighted by molar-refractivity contribution is 7.16. The fraction of sp³-hybridized carbons (Fsp3) is 0.588. The van der Waals surface area contributed by atoms with Crippen molar-refractivity contribution in [2.24, 2.45) is 11.3 Å². The summed E-state index contributed by atoms with van der Waals surface area (Å²) in [6.07, 6.45) is 2.81. The quantitative estimate of drug-likeness (QED) is 0.850. The van der Waals surface area contributed by atoms with Gasteiger partial charge in [-0.3, -0.25) is 4.79 Å². The normalized spacial score (nSPS) is 17.0. The van der Waals surface area contributed by atoms with Gasteiger partial charge >= 0.3 is 5.97 Å². The Hall–Kier alpha value is -1.91. The van der Waals surface area contributed by atoms with E-state index in [1.807, 2.05) is 0 Å². The number of hydrogen-bond donors (Lipinski definition) is 2. The van der Waals surface area contributed by atoms with E-state index in [1.54, 1.807) is 0 Å². The lowest BCUT2D eigenvalue weighted by molar-refractivity contribution is -0.143. The minimum Gasteiger partial charge on any atom is -0.480 e. The van der Waals surface area contributed by atoms with E-state index in [0.29, 0.717) is 16.5 Å². The molecular formula is C17H22N2O4S. The lowest BCUT2D eigenvalue weighted by Gasteiger charge is -2.33. The molecule has 0 radical (unpaired) electrons. The number of carbonyl (C=O) groups excluding carboxylic acids is 1. The second kappa shape index (κ2) is 7.32. The van der Waals surface area contributed by atoms with E-state index in [1.165, 1.54) is 16.2 Å². The molecule has 1 amide bonds. The van der Waals surface area contributed by atoms with Crippen molar-refractivity contribution in [1.29, 1.82) is 5.26 Å². The maximum absolute atomic E-state index is 11.9. The predicted octanol–water partition coefficient (Wildman–Crippen LogP) is 2.81. The van der Waals surface area contributed by atoms with Gasteiger partial charge in [0.25, 0.3) is 5.91 Å². The van der Waals surface area contributed by atoms with E-state index in [-0.39, 0.29) is 12.0 Å². The molecule has 6 nitrogen and oxygen atoms in total. The lowest BCUT2D eigenvalue weighted by Crippen LogP contribution is -2.26. The maximum Gasteiger partial charge on any atom is 0.329 e.